The molecule has 1 atom stereocenters. The van der Waals surface area contributed by atoms with Crippen molar-refractivity contribution in [3.05, 3.63) is 27.0 Å². The number of hydrogen-bond donors (Lipinski definition) is 0. The van der Waals surface area contributed by atoms with E-state index in [-0.39, 0.29) is 11.2 Å². The Kier molecular flexibility index (Phi) is 4.33. The molecule has 3 heterocycles. The van der Waals surface area contributed by atoms with E-state index in [4.69, 9.17) is 16.3 Å². The standard InChI is InChI=1S/C15H19ClN4O2S/c1-8-11(9(2)19(3)18-8)10-6-5-7-20(10)15-17-13(16)12(23-15)14(21)22-4/h10H,5-7H2,1-4H3. The van der Waals surface area contributed by atoms with Gasteiger partial charge in [-0.25, -0.2) is 9.78 Å². The normalized spacial score (nSPS) is 17.8. The molecule has 8 heteroatoms. The molecule has 0 saturated carbocycles. The average Bonchev–Trinajstić information content (AvgIpc) is 3.18. The van der Waals surface area contributed by atoms with E-state index in [0.29, 0.717) is 4.88 Å². The minimum Gasteiger partial charge on any atom is -0.465 e. The van der Waals surface area contributed by atoms with E-state index in [1.807, 2.05) is 18.7 Å². The van der Waals surface area contributed by atoms with E-state index < -0.39 is 5.97 Å². The maximum absolute atomic E-state index is 11.8. The number of carbonyl (C=O) groups is 1. The van der Waals surface area contributed by atoms with Gasteiger partial charge < -0.3 is 9.64 Å². The molecule has 23 heavy (non-hydrogen) atoms. The number of carbonyl (C=O) groups excluding carboxylic acids is 1. The number of hydrogen-bond acceptors (Lipinski definition) is 6. The van der Waals surface area contributed by atoms with Gasteiger partial charge in [0.15, 0.2) is 15.2 Å². The number of methoxy groups -OCH3 is 1. The third-order valence-corrected chi connectivity index (χ3v) is 5.80. The van der Waals surface area contributed by atoms with Gasteiger partial charge in [-0.15, -0.1) is 0 Å². The molecule has 1 saturated heterocycles. The predicted octanol–water partition coefficient (Wildman–Crippen LogP) is 3.27. The van der Waals surface area contributed by atoms with Gasteiger partial charge in [0.1, 0.15) is 0 Å². The summed E-state index contributed by atoms with van der Waals surface area (Å²) < 4.78 is 6.67. The summed E-state index contributed by atoms with van der Waals surface area (Å²) in [6.45, 7) is 5.01. The monoisotopic (exact) mass is 354 g/mol. The van der Waals surface area contributed by atoms with Crippen LogP contribution in [0.4, 0.5) is 5.13 Å². The number of nitrogens with zero attached hydrogens (tertiary/aromatic N) is 4. The van der Waals surface area contributed by atoms with Crippen molar-refractivity contribution >= 4 is 34.0 Å². The molecule has 0 aromatic carbocycles. The highest BCUT2D eigenvalue weighted by Crippen LogP contribution is 2.41. The van der Waals surface area contributed by atoms with Gasteiger partial charge in [0.2, 0.25) is 0 Å². The number of aryl methyl sites for hydroxylation is 2. The van der Waals surface area contributed by atoms with Crippen LogP contribution in [0.3, 0.4) is 0 Å². The minimum atomic E-state index is -0.441. The highest BCUT2D eigenvalue weighted by molar-refractivity contribution is 7.18. The zero-order valence-electron chi connectivity index (χ0n) is 13.6. The maximum Gasteiger partial charge on any atom is 0.351 e. The summed E-state index contributed by atoms with van der Waals surface area (Å²) in [5.41, 5.74) is 3.45. The minimum absolute atomic E-state index is 0.210. The summed E-state index contributed by atoms with van der Waals surface area (Å²) >= 11 is 7.40. The summed E-state index contributed by atoms with van der Waals surface area (Å²) in [6.07, 6.45) is 2.11. The van der Waals surface area contributed by atoms with Crippen LogP contribution in [-0.4, -0.2) is 34.4 Å². The van der Waals surface area contributed by atoms with Crippen LogP contribution in [-0.2, 0) is 11.8 Å². The van der Waals surface area contributed by atoms with Crippen molar-refractivity contribution in [2.24, 2.45) is 7.05 Å². The van der Waals surface area contributed by atoms with Crippen molar-refractivity contribution in [1.29, 1.82) is 0 Å². The Morgan fingerprint density at radius 2 is 2.17 bits per heavy atom. The van der Waals surface area contributed by atoms with Gasteiger partial charge in [0.05, 0.1) is 18.8 Å². The van der Waals surface area contributed by atoms with Crippen molar-refractivity contribution in [2.75, 3.05) is 18.6 Å². The fourth-order valence-electron chi connectivity index (χ4n) is 3.20. The third kappa shape index (κ3) is 2.72. The lowest BCUT2D eigenvalue weighted by Crippen LogP contribution is -2.23. The molecular formula is C15H19ClN4O2S. The molecule has 0 N–H and O–H groups in total. The van der Waals surface area contributed by atoms with Crippen molar-refractivity contribution in [1.82, 2.24) is 14.8 Å². The second-order valence-corrected chi connectivity index (χ2v) is 7.00. The van der Waals surface area contributed by atoms with Crippen molar-refractivity contribution in [3.63, 3.8) is 0 Å². The summed E-state index contributed by atoms with van der Waals surface area (Å²) in [5, 5.41) is 5.50. The topological polar surface area (TPSA) is 60.2 Å². The molecule has 2 aromatic heterocycles. The van der Waals surface area contributed by atoms with E-state index in [9.17, 15) is 4.79 Å². The first kappa shape index (κ1) is 16.3. The van der Waals surface area contributed by atoms with Crippen LogP contribution < -0.4 is 4.90 Å². The average molecular weight is 355 g/mol. The van der Waals surface area contributed by atoms with Crippen LogP contribution in [0.1, 0.15) is 45.5 Å². The van der Waals surface area contributed by atoms with Crippen LogP contribution in [0.25, 0.3) is 0 Å². The highest BCUT2D eigenvalue weighted by atomic mass is 35.5. The number of anilines is 1. The number of thiazole rings is 1. The smallest absolute Gasteiger partial charge is 0.351 e. The van der Waals surface area contributed by atoms with Gasteiger partial charge in [-0.3, -0.25) is 4.68 Å². The molecule has 0 amide bonds. The highest BCUT2D eigenvalue weighted by Gasteiger charge is 2.33. The molecule has 0 aliphatic carbocycles. The first-order valence-corrected chi connectivity index (χ1v) is 8.64. The van der Waals surface area contributed by atoms with Gasteiger partial charge in [-0.05, 0) is 26.7 Å². The fourth-order valence-corrected chi connectivity index (χ4v) is 4.48. The quantitative estimate of drug-likeness (QED) is 0.792. The first-order valence-electron chi connectivity index (χ1n) is 7.45. The van der Waals surface area contributed by atoms with E-state index in [1.54, 1.807) is 0 Å². The molecule has 3 rings (SSSR count). The molecule has 124 valence electrons. The SMILES string of the molecule is COC(=O)c1sc(N2CCCC2c2c(C)nn(C)c2C)nc1Cl. The third-order valence-electron chi connectivity index (χ3n) is 4.34. The number of halogens is 1. The Labute approximate surface area is 144 Å². The van der Waals surface area contributed by atoms with Gasteiger partial charge in [-0.1, -0.05) is 22.9 Å². The molecule has 6 nitrogen and oxygen atoms in total. The Hall–Kier alpha value is -1.60. The van der Waals surface area contributed by atoms with Crippen LogP contribution in [0.2, 0.25) is 5.15 Å². The Balaban J connectivity index is 1.98. The van der Waals surface area contributed by atoms with E-state index in [0.717, 1.165) is 35.9 Å². The van der Waals surface area contributed by atoms with Gasteiger partial charge in [0.25, 0.3) is 0 Å². The molecule has 0 spiro atoms. The van der Waals surface area contributed by atoms with Crippen LogP contribution >= 0.6 is 22.9 Å². The van der Waals surface area contributed by atoms with Gasteiger partial charge in [0, 0.05) is 24.8 Å². The number of aromatic nitrogens is 3. The summed E-state index contributed by atoms with van der Waals surface area (Å²) in [4.78, 5) is 18.7. The summed E-state index contributed by atoms with van der Waals surface area (Å²) in [5.74, 6) is -0.441. The second kappa shape index (κ2) is 6.13. The van der Waals surface area contributed by atoms with Crippen molar-refractivity contribution in [3.8, 4) is 0 Å². The van der Waals surface area contributed by atoms with E-state index in [2.05, 4.69) is 21.9 Å². The largest absolute Gasteiger partial charge is 0.465 e. The predicted molar refractivity (Wildman–Crippen MR) is 90.5 cm³/mol. The summed E-state index contributed by atoms with van der Waals surface area (Å²) in [6, 6.07) is 0.219. The van der Waals surface area contributed by atoms with Crippen molar-refractivity contribution < 1.29 is 9.53 Å². The molecular weight excluding hydrogens is 336 g/mol. The van der Waals surface area contributed by atoms with Gasteiger partial charge in [-0.2, -0.15) is 5.10 Å². The second-order valence-electron chi connectivity index (χ2n) is 5.67. The zero-order valence-corrected chi connectivity index (χ0v) is 15.2. The fraction of sp³-hybridized carbons (Fsp3) is 0.533. The number of esters is 1. The zero-order chi connectivity index (χ0) is 16.7. The van der Waals surface area contributed by atoms with Crippen LogP contribution in [0.5, 0.6) is 0 Å². The lowest BCUT2D eigenvalue weighted by Gasteiger charge is -2.24. The molecule has 2 aromatic rings. The Morgan fingerprint density at radius 3 is 2.78 bits per heavy atom. The molecule has 0 bridgehead atoms. The number of ether oxygens (including phenoxy) is 1. The molecule has 0 radical (unpaired) electrons. The lowest BCUT2D eigenvalue weighted by atomic mass is 10.0. The van der Waals surface area contributed by atoms with Crippen molar-refractivity contribution in [2.45, 2.75) is 32.7 Å². The molecule has 1 aliphatic heterocycles. The molecule has 1 unspecified atom stereocenters. The Bertz CT molecular complexity index is 755. The van der Waals surface area contributed by atoms with E-state index in [1.165, 1.54) is 24.0 Å². The van der Waals surface area contributed by atoms with E-state index >= 15 is 0 Å². The van der Waals surface area contributed by atoms with Gasteiger partial charge >= 0.3 is 5.97 Å². The number of rotatable bonds is 3. The molecule has 1 aliphatic rings. The maximum atomic E-state index is 11.8. The first-order chi connectivity index (χ1) is 10.9. The summed E-state index contributed by atoms with van der Waals surface area (Å²) in [7, 11) is 3.31. The van der Waals surface area contributed by atoms with Crippen LogP contribution in [0, 0.1) is 13.8 Å². The van der Waals surface area contributed by atoms with Crippen LogP contribution in [0.15, 0.2) is 0 Å². The lowest BCUT2D eigenvalue weighted by molar-refractivity contribution is 0.0606. The molecule has 1 fully saturated rings. The Morgan fingerprint density at radius 1 is 1.43 bits per heavy atom.